The predicted molar refractivity (Wildman–Crippen MR) is 148 cm³/mol. The first-order chi connectivity index (χ1) is 18.4. The molecular weight excluding hydrogens is 571 g/mol. The van der Waals surface area contributed by atoms with E-state index in [0.717, 1.165) is 4.31 Å². The lowest BCUT2D eigenvalue weighted by Crippen LogP contribution is -2.38. The molecule has 10 nitrogen and oxygen atoms in total. The molecule has 1 N–H and O–H groups in total. The Labute approximate surface area is 236 Å². The number of amides is 1. The van der Waals surface area contributed by atoms with Gasteiger partial charge in [0.05, 0.1) is 45.4 Å². The number of esters is 1. The van der Waals surface area contributed by atoms with Gasteiger partial charge in [0.1, 0.15) is 17.2 Å². The van der Waals surface area contributed by atoms with Crippen molar-refractivity contribution >= 4 is 56.5 Å². The molecule has 0 unspecified atom stereocenters. The van der Waals surface area contributed by atoms with Crippen molar-refractivity contribution in [1.82, 2.24) is 0 Å². The van der Waals surface area contributed by atoms with Crippen LogP contribution in [0.1, 0.15) is 15.9 Å². The lowest BCUT2D eigenvalue weighted by atomic mass is 10.1. The molecule has 0 aromatic heterocycles. The summed E-state index contributed by atoms with van der Waals surface area (Å²) in [6, 6.07) is 11.5. The molecule has 1 amide bonds. The van der Waals surface area contributed by atoms with Crippen LogP contribution in [-0.4, -0.2) is 55.3 Å². The van der Waals surface area contributed by atoms with Gasteiger partial charge < -0.3 is 24.3 Å². The van der Waals surface area contributed by atoms with Gasteiger partial charge in [-0.3, -0.25) is 9.10 Å². The van der Waals surface area contributed by atoms with E-state index < -0.39 is 28.4 Å². The number of rotatable bonds is 10. The molecule has 3 aromatic carbocycles. The summed E-state index contributed by atoms with van der Waals surface area (Å²) in [6.07, 6.45) is 0. The molecule has 0 spiro atoms. The molecule has 208 valence electrons. The number of halogens is 2. The van der Waals surface area contributed by atoms with E-state index in [2.05, 4.69) is 5.32 Å². The van der Waals surface area contributed by atoms with E-state index in [-0.39, 0.29) is 49.1 Å². The van der Waals surface area contributed by atoms with Gasteiger partial charge in [0.15, 0.2) is 11.5 Å². The highest BCUT2D eigenvalue weighted by molar-refractivity contribution is 7.93. The van der Waals surface area contributed by atoms with E-state index in [0.29, 0.717) is 5.56 Å². The summed E-state index contributed by atoms with van der Waals surface area (Å²) in [5, 5.41) is 2.88. The maximum atomic E-state index is 13.9. The number of aryl methyl sites for hydroxylation is 1. The molecule has 0 saturated carbocycles. The van der Waals surface area contributed by atoms with Crippen LogP contribution in [0.15, 0.2) is 53.4 Å². The van der Waals surface area contributed by atoms with Gasteiger partial charge in [-0.2, -0.15) is 0 Å². The maximum Gasteiger partial charge on any atom is 0.340 e. The quantitative estimate of drug-likeness (QED) is 0.326. The van der Waals surface area contributed by atoms with E-state index in [4.69, 9.17) is 42.1 Å². The van der Waals surface area contributed by atoms with Gasteiger partial charge in [-0.15, -0.1) is 0 Å². The average molecular weight is 597 g/mol. The highest BCUT2D eigenvalue weighted by Gasteiger charge is 2.31. The molecule has 13 heteroatoms. The first-order valence-corrected chi connectivity index (χ1v) is 13.4. The number of methoxy groups -OCH3 is 4. The molecule has 0 aliphatic rings. The van der Waals surface area contributed by atoms with Crippen LogP contribution in [0.5, 0.6) is 17.2 Å². The highest BCUT2D eigenvalue weighted by Crippen LogP contribution is 2.35. The van der Waals surface area contributed by atoms with Crippen LogP contribution in [0, 0.1) is 6.92 Å². The molecule has 0 fully saturated rings. The third-order valence-electron chi connectivity index (χ3n) is 5.51. The third kappa shape index (κ3) is 6.67. The molecule has 0 atom stereocenters. The number of carbonyl (C=O) groups is 2. The first-order valence-electron chi connectivity index (χ1n) is 11.2. The summed E-state index contributed by atoms with van der Waals surface area (Å²) in [7, 11) is 0.880. The summed E-state index contributed by atoms with van der Waals surface area (Å²) in [4.78, 5) is 25.6. The van der Waals surface area contributed by atoms with Crippen LogP contribution < -0.4 is 23.8 Å². The molecular formula is C26H26Cl2N2O8S. The zero-order valence-corrected chi connectivity index (χ0v) is 24.0. The number of nitrogens with one attached hydrogen (secondary N) is 1. The predicted octanol–water partition coefficient (Wildman–Crippen LogP) is 4.95. The van der Waals surface area contributed by atoms with Crippen LogP contribution in [0.2, 0.25) is 10.0 Å². The summed E-state index contributed by atoms with van der Waals surface area (Å²) in [5.74, 6) is -1.04. The molecule has 0 aliphatic carbocycles. The smallest absolute Gasteiger partial charge is 0.340 e. The summed E-state index contributed by atoms with van der Waals surface area (Å²) < 4.78 is 49.4. The van der Waals surface area contributed by atoms with Crippen LogP contribution in [-0.2, 0) is 19.6 Å². The Kier molecular flexibility index (Phi) is 9.54. The van der Waals surface area contributed by atoms with Crippen LogP contribution in [0.25, 0.3) is 0 Å². The topological polar surface area (TPSA) is 120 Å². The highest BCUT2D eigenvalue weighted by atomic mass is 35.5. The number of nitrogens with zero attached hydrogens (tertiary/aromatic N) is 1. The van der Waals surface area contributed by atoms with Crippen LogP contribution in [0.3, 0.4) is 0 Å². The molecule has 0 heterocycles. The Hall–Kier alpha value is -3.67. The second-order valence-corrected chi connectivity index (χ2v) is 10.8. The van der Waals surface area contributed by atoms with Gasteiger partial charge in [-0.05, 0) is 42.8 Å². The first kappa shape index (κ1) is 29.9. The van der Waals surface area contributed by atoms with Gasteiger partial charge in [0.25, 0.3) is 10.0 Å². The number of sulfonamides is 1. The molecule has 0 bridgehead atoms. The van der Waals surface area contributed by atoms with Crippen molar-refractivity contribution in [2.24, 2.45) is 0 Å². The molecule has 0 aliphatic heterocycles. The molecule has 3 rings (SSSR count). The number of benzene rings is 3. The van der Waals surface area contributed by atoms with Crippen molar-refractivity contribution in [2.75, 3.05) is 44.6 Å². The normalized spacial score (nSPS) is 10.9. The van der Waals surface area contributed by atoms with Crippen molar-refractivity contribution in [3.05, 3.63) is 69.7 Å². The second-order valence-electron chi connectivity index (χ2n) is 8.09. The zero-order valence-electron chi connectivity index (χ0n) is 21.7. The lowest BCUT2D eigenvalue weighted by Gasteiger charge is -2.26. The Balaban J connectivity index is 2.11. The van der Waals surface area contributed by atoms with E-state index in [1.807, 2.05) is 0 Å². The number of ether oxygens (including phenoxy) is 4. The van der Waals surface area contributed by atoms with Gasteiger partial charge >= 0.3 is 5.97 Å². The Morgan fingerprint density at radius 2 is 1.44 bits per heavy atom. The minimum Gasteiger partial charge on any atom is -0.495 e. The average Bonchev–Trinajstić information content (AvgIpc) is 2.90. The van der Waals surface area contributed by atoms with Gasteiger partial charge in [0.2, 0.25) is 5.91 Å². The van der Waals surface area contributed by atoms with Crippen molar-refractivity contribution in [3.63, 3.8) is 0 Å². The van der Waals surface area contributed by atoms with Crippen molar-refractivity contribution < 1.29 is 37.0 Å². The fraction of sp³-hybridized carbons (Fsp3) is 0.231. The summed E-state index contributed by atoms with van der Waals surface area (Å²) in [6.45, 7) is 1.00. The SMILES string of the molecule is COC(=O)c1cc(OC)c(OC)cc1NC(=O)CN(c1cc(Cl)cc(Cl)c1)S(=O)(=O)c1cc(C)ccc1OC. The van der Waals surface area contributed by atoms with Gasteiger partial charge in [-0.1, -0.05) is 29.3 Å². The third-order valence-corrected chi connectivity index (χ3v) is 7.74. The second kappa shape index (κ2) is 12.5. The largest absolute Gasteiger partial charge is 0.495 e. The molecule has 39 heavy (non-hydrogen) atoms. The van der Waals surface area contributed by atoms with Gasteiger partial charge in [-0.25, -0.2) is 13.2 Å². The number of hydrogen-bond donors (Lipinski definition) is 1. The van der Waals surface area contributed by atoms with Gasteiger partial charge in [0, 0.05) is 22.2 Å². The number of carbonyl (C=O) groups excluding carboxylic acids is 2. The van der Waals surface area contributed by atoms with Crippen LogP contribution in [0.4, 0.5) is 11.4 Å². The van der Waals surface area contributed by atoms with E-state index in [9.17, 15) is 18.0 Å². The number of hydrogen-bond acceptors (Lipinski definition) is 8. The molecule has 0 radical (unpaired) electrons. The minimum atomic E-state index is -4.40. The van der Waals surface area contributed by atoms with Crippen molar-refractivity contribution in [1.29, 1.82) is 0 Å². The monoisotopic (exact) mass is 596 g/mol. The van der Waals surface area contributed by atoms with E-state index in [1.165, 1.54) is 70.9 Å². The van der Waals surface area contributed by atoms with Crippen molar-refractivity contribution in [2.45, 2.75) is 11.8 Å². The number of anilines is 2. The Bertz CT molecular complexity index is 1490. The standard InChI is InChI=1S/C26H26Cl2N2O8S/c1-15-6-7-21(35-2)24(8-15)39(33,34)30(18-10-16(27)9-17(28)11-18)14-25(31)29-20-13-23(37-4)22(36-3)12-19(20)26(32)38-5/h6-13H,14H2,1-5H3,(H,29,31). The zero-order chi connectivity index (χ0) is 28.9. The maximum absolute atomic E-state index is 13.9. The fourth-order valence-electron chi connectivity index (χ4n) is 3.68. The van der Waals surface area contributed by atoms with E-state index in [1.54, 1.807) is 13.0 Å². The van der Waals surface area contributed by atoms with E-state index >= 15 is 0 Å². The Morgan fingerprint density at radius 1 is 0.846 bits per heavy atom. The summed E-state index contributed by atoms with van der Waals surface area (Å²) in [5.41, 5.74) is 0.658. The van der Waals surface area contributed by atoms with Crippen molar-refractivity contribution in [3.8, 4) is 17.2 Å². The molecule has 0 saturated heterocycles. The van der Waals surface area contributed by atoms with Crippen LogP contribution >= 0.6 is 23.2 Å². The minimum absolute atomic E-state index is 0.0131. The molecule has 3 aromatic rings. The lowest BCUT2D eigenvalue weighted by molar-refractivity contribution is -0.114. The fourth-order valence-corrected chi connectivity index (χ4v) is 5.85. The summed E-state index contributed by atoms with van der Waals surface area (Å²) >= 11 is 12.3. The Morgan fingerprint density at radius 3 is 2.00 bits per heavy atom.